The van der Waals surface area contributed by atoms with E-state index < -0.39 is 0 Å². The third kappa shape index (κ3) is 5.02. The topological polar surface area (TPSA) is 78.9 Å². The zero-order valence-electron chi connectivity index (χ0n) is 18.7. The second-order valence-electron chi connectivity index (χ2n) is 7.73. The minimum Gasteiger partial charge on any atom is -0.494 e. The molecule has 0 aliphatic heterocycles. The number of benzene rings is 2. The van der Waals surface area contributed by atoms with Crippen molar-refractivity contribution in [3.8, 4) is 11.4 Å². The van der Waals surface area contributed by atoms with Gasteiger partial charge in [-0.25, -0.2) is 0 Å². The van der Waals surface area contributed by atoms with Gasteiger partial charge in [0.05, 0.1) is 11.9 Å². The molecule has 8 heteroatoms. The molecule has 0 aliphatic rings. The first-order valence-electron chi connectivity index (χ1n) is 10.8. The fourth-order valence-electron chi connectivity index (χ4n) is 3.24. The van der Waals surface area contributed by atoms with Crippen molar-refractivity contribution in [1.29, 1.82) is 0 Å². The first kappa shape index (κ1) is 22.1. The van der Waals surface area contributed by atoms with Crippen LogP contribution in [0.3, 0.4) is 0 Å². The van der Waals surface area contributed by atoms with E-state index in [1.807, 2.05) is 70.2 Å². The van der Waals surface area contributed by atoms with Crippen molar-refractivity contribution in [3.05, 3.63) is 77.7 Å². The van der Waals surface area contributed by atoms with Crippen molar-refractivity contribution in [2.24, 2.45) is 0 Å². The van der Waals surface area contributed by atoms with Crippen molar-refractivity contribution in [2.75, 3.05) is 6.61 Å². The lowest BCUT2D eigenvalue weighted by Crippen LogP contribution is -2.05. The van der Waals surface area contributed by atoms with E-state index in [0.29, 0.717) is 24.7 Å². The maximum atomic E-state index is 5.60. The Balaban J connectivity index is 1.66. The zero-order valence-corrected chi connectivity index (χ0v) is 19.5. The molecule has 0 saturated heterocycles. The number of hydrogen-bond donors (Lipinski definition) is 0. The van der Waals surface area contributed by atoms with Gasteiger partial charge in [-0.1, -0.05) is 61.1 Å². The predicted octanol–water partition coefficient (Wildman–Crippen LogP) is 5.62. The number of ether oxygens (including phenoxy) is 1. The van der Waals surface area contributed by atoms with Gasteiger partial charge < -0.3 is 9.26 Å². The van der Waals surface area contributed by atoms with Crippen molar-refractivity contribution >= 4 is 11.8 Å². The zero-order chi connectivity index (χ0) is 22.5. The SMILES string of the molecule is CCOc1ccc(-n2c(Cc3ccccc3)nnc2SC(C)c2nc(C(C)C)no2)cc1. The number of thioether (sulfide) groups is 1. The van der Waals surface area contributed by atoms with E-state index in [9.17, 15) is 0 Å². The molecule has 2 aromatic heterocycles. The van der Waals surface area contributed by atoms with Crippen LogP contribution in [0.25, 0.3) is 5.69 Å². The summed E-state index contributed by atoms with van der Waals surface area (Å²) >= 11 is 1.55. The second kappa shape index (κ2) is 9.99. The number of rotatable bonds is 9. The average Bonchev–Trinajstić information content (AvgIpc) is 3.44. The van der Waals surface area contributed by atoms with Crippen molar-refractivity contribution in [1.82, 2.24) is 24.9 Å². The largest absolute Gasteiger partial charge is 0.494 e. The first-order valence-corrected chi connectivity index (χ1v) is 11.6. The molecular formula is C24H27N5O2S. The molecule has 1 unspecified atom stereocenters. The van der Waals surface area contributed by atoms with Gasteiger partial charge in [0, 0.05) is 18.0 Å². The summed E-state index contributed by atoms with van der Waals surface area (Å²) < 4.78 is 13.2. The lowest BCUT2D eigenvalue weighted by atomic mass is 10.1. The second-order valence-corrected chi connectivity index (χ2v) is 9.04. The minimum absolute atomic E-state index is 0.0646. The molecule has 32 heavy (non-hydrogen) atoms. The van der Waals surface area contributed by atoms with E-state index >= 15 is 0 Å². The Morgan fingerprint density at radius 3 is 2.41 bits per heavy atom. The minimum atomic E-state index is -0.0646. The van der Waals surface area contributed by atoms with Crippen LogP contribution in [0.5, 0.6) is 5.75 Å². The summed E-state index contributed by atoms with van der Waals surface area (Å²) in [6.45, 7) is 8.74. The van der Waals surface area contributed by atoms with Gasteiger partial charge in [0.1, 0.15) is 11.6 Å². The monoisotopic (exact) mass is 449 g/mol. The van der Waals surface area contributed by atoms with Crippen LogP contribution in [0, 0.1) is 0 Å². The Labute approximate surface area is 192 Å². The van der Waals surface area contributed by atoms with Gasteiger partial charge in [-0.05, 0) is 43.7 Å². The fraction of sp³-hybridized carbons (Fsp3) is 0.333. The molecule has 7 nitrogen and oxygen atoms in total. The Morgan fingerprint density at radius 2 is 1.75 bits per heavy atom. The molecule has 4 rings (SSSR count). The van der Waals surface area contributed by atoms with Crippen LogP contribution in [0.2, 0.25) is 0 Å². The normalized spacial score (nSPS) is 12.3. The molecule has 0 N–H and O–H groups in total. The first-order chi connectivity index (χ1) is 15.5. The highest BCUT2D eigenvalue weighted by Crippen LogP contribution is 2.35. The highest BCUT2D eigenvalue weighted by Gasteiger charge is 2.22. The van der Waals surface area contributed by atoms with E-state index in [1.54, 1.807) is 11.8 Å². The van der Waals surface area contributed by atoms with Crippen LogP contribution in [0.15, 0.2) is 64.3 Å². The van der Waals surface area contributed by atoms with Crippen LogP contribution < -0.4 is 4.74 Å². The molecule has 1 atom stereocenters. The summed E-state index contributed by atoms with van der Waals surface area (Å²) in [6.07, 6.45) is 0.675. The van der Waals surface area contributed by atoms with Gasteiger partial charge in [0.15, 0.2) is 11.0 Å². The molecular weight excluding hydrogens is 422 g/mol. The molecule has 0 saturated carbocycles. The Kier molecular flexibility index (Phi) is 6.90. The van der Waals surface area contributed by atoms with Crippen LogP contribution >= 0.6 is 11.8 Å². The van der Waals surface area contributed by atoms with Gasteiger partial charge in [-0.3, -0.25) is 4.57 Å². The quantitative estimate of drug-likeness (QED) is 0.307. The number of hydrogen-bond acceptors (Lipinski definition) is 7. The maximum Gasteiger partial charge on any atom is 0.239 e. The molecule has 0 bridgehead atoms. The van der Waals surface area contributed by atoms with Crippen molar-refractivity contribution < 1.29 is 9.26 Å². The summed E-state index contributed by atoms with van der Waals surface area (Å²) in [5.74, 6) is 3.22. The third-order valence-electron chi connectivity index (χ3n) is 4.92. The van der Waals surface area contributed by atoms with E-state index in [2.05, 4.69) is 37.0 Å². The molecule has 2 heterocycles. The fourth-order valence-corrected chi connectivity index (χ4v) is 4.16. The standard InChI is InChI=1S/C24H27N5O2S/c1-5-30-20-13-11-19(12-14-20)29-21(15-18-9-7-6-8-10-18)26-27-24(29)32-17(4)23-25-22(16(2)3)28-31-23/h6-14,16-17H,5,15H2,1-4H3. The van der Waals surface area contributed by atoms with Gasteiger partial charge >= 0.3 is 0 Å². The smallest absolute Gasteiger partial charge is 0.239 e. The molecule has 0 fully saturated rings. The van der Waals surface area contributed by atoms with Crippen LogP contribution in [-0.4, -0.2) is 31.5 Å². The van der Waals surface area contributed by atoms with Crippen molar-refractivity contribution in [2.45, 2.75) is 50.4 Å². The predicted molar refractivity (Wildman–Crippen MR) is 124 cm³/mol. The Hall–Kier alpha value is -3.13. The van der Waals surface area contributed by atoms with Gasteiger partial charge in [-0.2, -0.15) is 4.98 Å². The van der Waals surface area contributed by atoms with Crippen LogP contribution in [0.1, 0.15) is 62.0 Å². The lowest BCUT2D eigenvalue weighted by molar-refractivity contribution is 0.340. The summed E-state index contributed by atoms with van der Waals surface area (Å²) in [7, 11) is 0. The summed E-state index contributed by atoms with van der Waals surface area (Å²) in [4.78, 5) is 4.54. The summed E-state index contributed by atoms with van der Waals surface area (Å²) in [5.41, 5.74) is 2.16. The Morgan fingerprint density at radius 1 is 1.00 bits per heavy atom. The van der Waals surface area contributed by atoms with Crippen LogP contribution in [-0.2, 0) is 6.42 Å². The highest BCUT2D eigenvalue weighted by molar-refractivity contribution is 7.99. The van der Waals surface area contributed by atoms with E-state index in [0.717, 1.165) is 22.4 Å². The third-order valence-corrected chi connectivity index (χ3v) is 5.95. The molecule has 0 amide bonds. The van der Waals surface area contributed by atoms with E-state index in [-0.39, 0.29) is 11.2 Å². The number of nitrogens with zero attached hydrogens (tertiary/aromatic N) is 5. The highest BCUT2D eigenvalue weighted by atomic mass is 32.2. The van der Waals surface area contributed by atoms with Gasteiger partial charge in [0.25, 0.3) is 0 Å². The lowest BCUT2D eigenvalue weighted by Gasteiger charge is -2.13. The number of aromatic nitrogens is 5. The average molecular weight is 450 g/mol. The molecule has 2 aromatic carbocycles. The van der Waals surface area contributed by atoms with Crippen molar-refractivity contribution in [3.63, 3.8) is 0 Å². The molecule has 166 valence electrons. The molecule has 4 aromatic rings. The molecule has 0 spiro atoms. The molecule has 0 radical (unpaired) electrons. The van der Waals surface area contributed by atoms with Gasteiger partial charge in [0.2, 0.25) is 5.89 Å². The van der Waals surface area contributed by atoms with E-state index in [4.69, 9.17) is 9.26 Å². The van der Waals surface area contributed by atoms with Crippen LogP contribution in [0.4, 0.5) is 0 Å². The summed E-state index contributed by atoms with van der Waals surface area (Å²) in [6, 6.07) is 18.3. The summed E-state index contributed by atoms with van der Waals surface area (Å²) in [5, 5.41) is 13.8. The van der Waals surface area contributed by atoms with E-state index in [1.165, 1.54) is 5.56 Å². The van der Waals surface area contributed by atoms with Gasteiger partial charge in [-0.15, -0.1) is 10.2 Å². The maximum absolute atomic E-state index is 5.60. The Bertz CT molecular complexity index is 1140. The molecule has 0 aliphatic carbocycles.